The summed E-state index contributed by atoms with van der Waals surface area (Å²) in [5, 5.41) is 26.2. The first-order valence-electron chi connectivity index (χ1n) is 8.58. The maximum Gasteiger partial charge on any atom is 0.105 e. The molecule has 0 aromatic carbocycles. The van der Waals surface area contributed by atoms with Crippen molar-refractivity contribution in [3.8, 4) is 12.1 Å². The van der Waals surface area contributed by atoms with Crippen LogP contribution in [0.1, 0.15) is 17.8 Å². The van der Waals surface area contributed by atoms with Crippen molar-refractivity contribution in [3.63, 3.8) is 0 Å². The standard InChI is InChI=1S/C10H10N2O.C7H6N2.C3H5ClO/c11-7-10(5-8(10)6-13)9-3-1-2-4-12-9;8-5-4-7-3-1-2-6-9-7;4-1-3-2-5-3/h1-4,8,13H,5-6H2;1-3,6H,4H2;3H,1-2H2/t8-,10-;;3-/m1.1/s1. The van der Waals surface area contributed by atoms with Crippen LogP contribution in [0.4, 0.5) is 0 Å². The number of epoxide rings is 1. The van der Waals surface area contributed by atoms with Gasteiger partial charge in [-0.1, -0.05) is 12.1 Å². The number of hydrogen-bond acceptors (Lipinski definition) is 6. The van der Waals surface area contributed by atoms with Gasteiger partial charge < -0.3 is 9.84 Å². The summed E-state index contributed by atoms with van der Waals surface area (Å²) in [6.07, 6.45) is 4.91. The first kappa shape index (κ1) is 20.8. The van der Waals surface area contributed by atoms with Crippen molar-refractivity contribution in [2.75, 3.05) is 19.1 Å². The Morgan fingerprint density at radius 1 is 1.19 bits per heavy atom. The fourth-order valence-electron chi connectivity index (χ4n) is 2.43. The van der Waals surface area contributed by atoms with Gasteiger partial charge in [-0.25, -0.2) is 0 Å². The summed E-state index contributed by atoms with van der Waals surface area (Å²) in [4.78, 5) is 8.09. The molecule has 140 valence electrons. The molecule has 0 spiro atoms. The SMILES string of the molecule is ClC[C@@H]1CO1.N#CCc1ccccn1.N#C[C@]1(c2ccccn2)C[C@@H]1CO. The van der Waals surface area contributed by atoms with Gasteiger partial charge in [0, 0.05) is 24.9 Å². The van der Waals surface area contributed by atoms with Crippen LogP contribution in [-0.4, -0.2) is 40.3 Å². The van der Waals surface area contributed by atoms with Crippen LogP contribution in [0.2, 0.25) is 0 Å². The van der Waals surface area contributed by atoms with Crippen LogP contribution < -0.4 is 0 Å². The number of rotatable bonds is 4. The number of aliphatic hydroxyl groups is 1. The van der Waals surface area contributed by atoms with Gasteiger partial charge in [-0.2, -0.15) is 10.5 Å². The molecule has 1 aliphatic heterocycles. The molecule has 2 fully saturated rings. The maximum atomic E-state index is 9.01. The lowest BCUT2D eigenvalue weighted by Gasteiger charge is -2.05. The molecular formula is C20H21ClN4O2. The molecule has 27 heavy (non-hydrogen) atoms. The fraction of sp³-hybridized carbons (Fsp3) is 0.400. The van der Waals surface area contributed by atoms with Gasteiger partial charge in [0.25, 0.3) is 0 Å². The van der Waals surface area contributed by atoms with E-state index in [1.807, 2.05) is 42.5 Å². The predicted molar refractivity (Wildman–Crippen MR) is 101 cm³/mol. The highest BCUT2D eigenvalue weighted by atomic mass is 35.5. The topological polar surface area (TPSA) is 106 Å². The van der Waals surface area contributed by atoms with Crippen molar-refractivity contribution < 1.29 is 9.84 Å². The minimum absolute atomic E-state index is 0.0735. The number of nitrogens with zero attached hydrogens (tertiary/aromatic N) is 4. The summed E-state index contributed by atoms with van der Waals surface area (Å²) in [5.74, 6) is 0.743. The number of hydrogen-bond donors (Lipinski definition) is 1. The maximum absolute atomic E-state index is 9.01. The molecule has 1 aliphatic carbocycles. The van der Waals surface area contributed by atoms with Gasteiger partial charge in [0.15, 0.2) is 0 Å². The smallest absolute Gasteiger partial charge is 0.105 e. The normalized spacial score (nSPS) is 24.0. The van der Waals surface area contributed by atoms with Crippen LogP contribution in [0.5, 0.6) is 0 Å². The Bertz CT molecular complexity index is 772. The zero-order valence-electron chi connectivity index (χ0n) is 14.8. The molecular weight excluding hydrogens is 364 g/mol. The second kappa shape index (κ2) is 10.6. The highest BCUT2D eigenvalue weighted by Gasteiger charge is 2.56. The van der Waals surface area contributed by atoms with E-state index in [9.17, 15) is 0 Å². The largest absolute Gasteiger partial charge is 0.396 e. The van der Waals surface area contributed by atoms with Crippen LogP contribution in [0.3, 0.4) is 0 Å². The number of alkyl halides is 1. The zero-order valence-corrected chi connectivity index (χ0v) is 15.6. The van der Waals surface area contributed by atoms with Crippen LogP contribution in [0, 0.1) is 28.6 Å². The summed E-state index contributed by atoms with van der Waals surface area (Å²) in [7, 11) is 0. The molecule has 0 amide bonds. The Morgan fingerprint density at radius 2 is 1.89 bits per heavy atom. The van der Waals surface area contributed by atoms with Crippen molar-refractivity contribution >= 4 is 11.6 Å². The first-order chi connectivity index (χ1) is 13.2. The van der Waals surface area contributed by atoms with Gasteiger partial charge >= 0.3 is 0 Å². The third-order valence-corrected chi connectivity index (χ3v) is 4.55. The van der Waals surface area contributed by atoms with Crippen molar-refractivity contribution in [3.05, 3.63) is 60.2 Å². The Labute approximate surface area is 164 Å². The molecule has 3 heterocycles. The van der Waals surface area contributed by atoms with Crippen LogP contribution in [-0.2, 0) is 16.6 Å². The molecule has 1 N–H and O–H groups in total. The van der Waals surface area contributed by atoms with Gasteiger partial charge in [0.1, 0.15) is 5.41 Å². The Hall–Kier alpha value is -2.51. The second-order valence-corrected chi connectivity index (χ2v) is 6.46. The number of ether oxygens (including phenoxy) is 1. The van der Waals surface area contributed by atoms with E-state index in [2.05, 4.69) is 16.0 Å². The molecule has 3 atom stereocenters. The third kappa shape index (κ3) is 6.30. The summed E-state index contributed by atoms with van der Waals surface area (Å²) < 4.78 is 4.73. The lowest BCUT2D eigenvalue weighted by atomic mass is 10.0. The molecule has 4 rings (SSSR count). The number of pyridine rings is 2. The lowest BCUT2D eigenvalue weighted by Crippen LogP contribution is -2.10. The van der Waals surface area contributed by atoms with E-state index in [4.69, 9.17) is 32.0 Å². The third-order valence-electron chi connectivity index (χ3n) is 4.21. The van der Waals surface area contributed by atoms with E-state index in [1.165, 1.54) is 0 Å². The lowest BCUT2D eigenvalue weighted by molar-refractivity contribution is 0.269. The summed E-state index contributed by atoms with van der Waals surface area (Å²) >= 11 is 5.27. The Morgan fingerprint density at radius 3 is 2.26 bits per heavy atom. The predicted octanol–water partition coefficient (Wildman–Crippen LogP) is 2.63. The van der Waals surface area contributed by atoms with E-state index in [0.717, 1.165) is 24.4 Å². The molecule has 0 unspecified atom stereocenters. The molecule has 7 heteroatoms. The van der Waals surface area contributed by atoms with Gasteiger partial charge in [0.2, 0.25) is 0 Å². The van der Waals surface area contributed by atoms with Crippen molar-refractivity contribution in [2.24, 2.45) is 5.92 Å². The number of aliphatic hydroxyl groups excluding tert-OH is 1. The van der Waals surface area contributed by atoms with E-state index < -0.39 is 5.41 Å². The number of aromatic nitrogens is 2. The molecule has 1 saturated heterocycles. The fourth-order valence-corrected chi connectivity index (χ4v) is 2.60. The highest BCUT2D eigenvalue weighted by molar-refractivity contribution is 6.18. The minimum atomic E-state index is -0.504. The van der Waals surface area contributed by atoms with E-state index >= 15 is 0 Å². The van der Waals surface area contributed by atoms with Gasteiger partial charge in [-0.15, -0.1) is 11.6 Å². The molecule has 6 nitrogen and oxygen atoms in total. The monoisotopic (exact) mass is 384 g/mol. The van der Waals surface area contributed by atoms with Crippen LogP contribution in [0.15, 0.2) is 48.8 Å². The zero-order chi connectivity index (χ0) is 19.5. The van der Waals surface area contributed by atoms with Gasteiger partial charge in [-0.05, 0) is 30.7 Å². The number of halogens is 1. The quantitative estimate of drug-likeness (QED) is 0.641. The molecule has 2 aliphatic rings. The first-order valence-corrected chi connectivity index (χ1v) is 9.11. The van der Waals surface area contributed by atoms with Crippen molar-refractivity contribution in [2.45, 2.75) is 24.4 Å². The minimum Gasteiger partial charge on any atom is -0.396 e. The molecule has 0 radical (unpaired) electrons. The van der Waals surface area contributed by atoms with Gasteiger partial charge in [0.05, 0.1) is 48.5 Å². The molecule has 2 aromatic heterocycles. The molecule has 1 saturated carbocycles. The molecule has 2 aromatic rings. The van der Waals surface area contributed by atoms with Gasteiger partial charge in [-0.3, -0.25) is 9.97 Å². The summed E-state index contributed by atoms with van der Waals surface area (Å²) in [6, 6.07) is 15.4. The second-order valence-electron chi connectivity index (χ2n) is 6.15. The van der Waals surface area contributed by atoms with E-state index in [-0.39, 0.29) is 12.5 Å². The Kier molecular flexibility index (Phi) is 8.16. The summed E-state index contributed by atoms with van der Waals surface area (Å²) in [5.41, 5.74) is 1.12. The average Bonchev–Trinajstić information content (AvgIpc) is 3.65. The average molecular weight is 385 g/mol. The van der Waals surface area contributed by atoms with E-state index in [0.29, 0.717) is 18.4 Å². The van der Waals surface area contributed by atoms with E-state index in [1.54, 1.807) is 12.4 Å². The highest BCUT2D eigenvalue weighted by Crippen LogP contribution is 2.52. The Balaban J connectivity index is 0.000000161. The van der Waals surface area contributed by atoms with Crippen molar-refractivity contribution in [1.82, 2.24) is 9.97 Å². The molecule has 0 bridgehead atoms. The van der Waals surface area contributed by atoms with Crippen molar-refractivity contribution in [1.29, 1.82) is 10.5 Å². The van der Waals surface area contributed by atoms with Crippen LogP contribution in [0.25, 0.3) is 0 Å². The van der Waals surface area contributed by atoms with Crippen LogP contribution >= 0.6 is 11.6 Å². The summed E-state index contributed by atoms with van der Waals surface area (Å²) in [6.45, 7) is 0.952. The number of nitriles is 2.